The largest absolute Gasteiger partial charge is 0.467 e. The van der Waals surface area contributed by atoms with Crippen LogP contribution in [0.3, 0.4) is 0 Å². The second-order valence-corrected chi connectivity index (χ2v) is 4.42. The first-order valence-electron chi connectivity index (χ1n) is 5.31. The van der Waals surface area contributed by atoms with Crippen LogP contribution in [0.4, 0.5) is 0 Å². The SMILES string of the molecule is OC1(Cc2cccc3c2OCOC3)CC1. The van der Waals surface area contributed by atoms with Crippen molar-refractivity contribution < 1.29 is 14.6 Å². The van der Waals surface area contributed by atoms with Gasteiger partial charge in [0.2, 0.25) is 0 Å². The summed E-state index contributed by atoms with van der Waals surface area (Å²) in [6.45, 7) is 0.935. The number of hydrogen-bond acceptors (Lipinski definition) is 3. The van der Waals surface area contributed by atoms with Crippen LogP contribution in [-0.4, -0.2) is 17.5 Å². The van der Waals surface area contributed by atoms with Crippen molar-refractivity contribution in [2.24, 2.45) is 0 Å². The molecule has 0 spiro atoms. The first-order chi connectivity index (χ1) is 7.27. The highest BCUT2D eigenvalue weighted by atomic mass is 16.7. The summed E-state index contributed by atoms with van der Waals surface area (Å²) in [6.07, 6.45) is 2.52. The Morgan fingerprint density at radius 2 is 2.20 bits per heavy atom. The van der Waals surface area contributed by atoms with E-state index in [9.17, 15) is 5.11 Å². The van der Waals surface area contributed by atoms with Gasteiger partial charge in [0.05, 0.1) is 12.2 Å². The van der Waals surface area contributed by atoms with Gasteiger partial charge in [-0.1, -0.05) is 18.2 Å². The summed E-state index contributed by atoms with van der Waals surface area (Å²) in [4.78, 5) is 0. The molecule has 1 fully saturated rings. The zero-order chi connectivity index (χ0) is 10.3. The summed E-state index contributed by atoms with van der Waals surface area (Å²) >= 11 is 0. The summed E-state index contributed by atoms with van der Waals surface area (Å²) in [5.41, 5.74) is 1.73. The molecule has 3 nitrogen and oxygen atoms in total. The van der Waals surface area contributed by atoms with E-state index in [-0.39, 0.29) is 0 Å². The van der Waals surface area contributed by atoms with Gasteiger partial charge in [-0.15, -0.1) is 0 Å². The van der Waals surface area contributed by atoms with Gasteiger partial charge in [-0.2, -0.15) is 0 Å². The molecule has 1 saturated carbocycles. The molecule has 1 aliphatic heterocycles. The second-order valence-electron chi connectivity index (χ2n) is 4.42. The number of para-hydroxylation sites is 1. The minimum atomic E-state index is -0.462. The van der Waals surface area contributed by atoms with Crippen LogP contribution in [0.1, 0.15) is 24.0 Å². The molecule has 1 aromatic carbocycles. The first kappa shape index (κ1) is 9.19. The monoisotopic (exact) mass is 206 g/mol. The Morgan fingerprint density at radius 1 is 1.33 bits per heavy atom. The Labute approximate surface area is 88.6 Å². The predicted octanol–water partition coefficient (Wildman–Crippen LogP) is 1.62. The molecule has 2 aliphatic rings. The summed E-state index contributed by atoms with van der Waals surface area (Å²) in [7, 11) is 0. The van der Waals surface area contributed by atoms with Crippen LogP contribution in [0.25, 0.3) is 0 Å². The van der Waals surface area contributed by atoms with Crippen molar-refractivity contribution in [1.82, 2.24) is 0 Å². The lowest BCUT2D eigenvalue weighted by Crippen LogP contribution is -2.16. The van der Waals surface area contributed by atoms with E-state index >= 15 is 0 Å². The molecule has 80 valence electrons. The van der Waals surface area contributed by atoms with Gasteiger partial charge in [0, 0.05) is 12.0 Å². The van der Waals surface area contributed by atoms with Crippen molar-refractivity contribution in [3.05, 3.63) is 29.3 Å². The lowest BCUT2D eigenvalue weighted by atomic mass is 10.0. The van der Waals surface area contributed by atoms with E-state index in [1.54, 1.807) is 0 Å². The molecule has 0 atom stereocenters. The lowest BCUT2D eigenvalue weighted by Gasteiger charge is -2.21. The third kappa shape index (κ3) is 1.73. The van der Waals surface area contributed by atoms with Gasteiger partial charge in [0.1, 0.15) is 5.75 Å². The fraction of sp³-hybridized carbons (Fsp3) is 0.500. The molecule has 0 radical (unpaired) electrons. The maximum Gasteiger partial charge on any atom is 0.189 e. The van der Waals surface area contributed by atoms with Crippen molar-refractivity contribution in [2.45, 2.75) is 31.5 Å². The van der Waals surface area contributed by atoms with Gasteiger partial charge < -0.3 is 14.6 Å². The van der Waals surface area contributed by atoms with E-state index in [1.807, 2.05) is 18.2 Å². The highest BCUT2D eigenvalue weighted by molar-refractivity contribution is 5.43. The van der Waals surface area contributed by atoms with E-state index in [0.29, 0.717) is 19.8 Å². The minimum absolute atomic E-state index is 0.322. The molecule has 1 aliphatic carbocycles. The first-order valence-corrected chi connectivity index (χ1v) is 5.31. The lowest BCUT2D eigenvalue weighted by molar-refractivity contribution is -0.0175. The van der Waals surface area contributed by atoms with E-state index in [4.69, 9.17) is 9.47 Å². The van der Waals surface area contributed by atoms with Crippen molar-refractivity contribution >= 4 is 0 Å². The summed E-state index contributed by atoms with van der Waals surface area (Å²) < 4.78 is 10.7. The number of ether oxygens (including phenoxy) is 2. The van der Waals surface area contributed by atoms with Gasteiger partial charge in [0.15, 0.2) is 6.79 Å². The zero-order valence-electron chi connectivity index (χ0n) is 8.53. The Kier molecular flexibility index (Phi) is 1.97. The van der Waals surface area contributed by atoms with Crippen molar-refractivity contribution in [1.29, 1.82) is 0 Å². The standard InChI is InChI=1S/C12H14O3/c13-12(4-5-12)6-9-2-1-3-10-7-14-8-15-11(9)10/h1-3,13H,4-8H2. The molecule has 0 aromatic heterocycles. The Hall–Kier alpha value is -1.06. The maximum absolute atomic E-state index is 9.90. The van der Waals surface area contributed by atoms with E-state index in [0.717, 1.165) is 29.7 Å². The van der Waals surface area contributed by atoms with Crippen LogP contribution in [0.2, 0.25) is 0 Å². The molecule has 0 unspecified atom stereocenters. The highest BCUT2D eigenvalue weighted by Crippen LogP contribution is 2.41. The molecule has 0 bridgehead atoms. The molecule has 3 heteroatoms. The van der Waals surface area contributed by atoms with E-state index < -0.39 is 5.60 Å². The Balaban J connectivity index is 1.92. The topological polar surface area (TPSA) is 38.7 Å². The average molecular weight is 206 g/mol. The summed E-state index contributed by atoms with van der Waals surface area (Å²) in [5.74, 6) is 0.920. The average Bonchev–Trinajstić information content (AvgIpc) is 2.97. The molecule has 3 rings (SSSR count). The molecule has 1 aromatic rings. The predicted molar refractivity (Wildman–Crippen MR) is 54.6 cm³/mol. The van der Waals surface area contributed by atoms with Crippen LogP contribution >= 0.6 is 0 Å². The van der Waals surface area contributed by atoms with Crippen molar-refractivity contribution in [2.75, 3.05) is 6.79 Å². The van der Waals surface area contributed by atoms with E-state index in [1.165, 1.54) is 0 Å². The quantitative estimate of drug-likeness (QED) is 0.799. The minimum Gasteiger partial charge on any atom is -0.467 e. The van der Waals surface area contributed by atoms with Gasteiger partial charge in [-0.3, -0.25) is 0 Å². The fourth-order valence-corrected chi connectivity index (χ4v) is 2.00. The van der Waals surface area contributed by atoms with Crippen LogP contribution < -0.4 is 4.74 Å². The second kappa shape index (κ2) is 3.22. The van der Waals surface area contributed by atoms with Crippen LogP contribution in [-0.2, 0) is 17.8 Å². The normalized spacial score (nSPS) is 21.7. The molecule has 1 heterocycles. The van der Waals surface area contributed by atoms with Gasteiger partial charge in [0.25, 0.3) is 0 Å². The van der Waals surface area contributed by atoms with Crippen molar-refractivity contribution in [3.8, 4) is 5.75 Å². The van der Waals surface area contributed by atoms with Gasteiger partial charge in [-0.05, 0) is 18.4 Å². The zero-order valence-corrected chi connectivity index (χ0v) is 8.53. The van der Waals surface area contributed by atoms with E-state index in [2.05, 4.69) is 0 Å². The molecular formula is C12H14O3. The number of benzene rings is 1. The number of aliphatic hydroxyl groups is 1. The third-order valence-corrected chi connectivity index (χ3v) is 3.07. The number of fused-ring (bicyclic) bond motifs is 1. The van der Waals surface area contributed by atoms with Crippen LogP contribution in [0, 0.1) is 0 Å². The molecule has 0 saturated heterocycles. The Morgan fingerprint density at radius 3 is 3.00 bits per heavy atom. The Bertz CT molecular complexity index is 382. The number of hydrogen-bond donors (Lipinski definition) is 1. The molecule has 0 amide bonds. The fourth-order valence-electron chi connectivity index (χ4n) is 2.00. The third-order valence-electron chi connectivity index (χ3n) is 3.07. The molecule has 1 N–H and O–H groups in total. The van der Waals surface area contributed by atoms with Crippen LogP contribution in [0.15, 0.2) is 18.2 Å². The number of rotatable bonds is 2. The maximum atomic E-state index is 9.90. The summed E-state index contributed by atoms with van der Waals surface area (Å²) in [5, 5.41) is 9.90. The van der Waals surface area contributed by atoms with Crippen LogP contribution in [0.5, 0.6) is 5.75 Å². The smallest absolute Gasteiger partial charge is 0.189 e. The summed E-state index contributed by atoms with van der Waals surface area (Å²) in [6, 6.07) is 6.04. The van der Waals surface area contributed by atoms with Gasteiger partial charge >= 0.3 is 0 Å². The molecule has 15 heavy (non-hydrogen) atoms. The van der Waals surface area contributed by atoms with Gasteiger partial charge in [-0.25, -0.2) is 0 Å². The highest BCUT2D eigenvalue weighted by Gasteiger charge is 2.41. The molecular weight excluding hydrogens is 192 g/mol. The van der Waals surface area contributed by atoms with Crippen molar-refractivity contribution in [3.63, 3.8) is 0 Å².